The summed E-state index contributed by atoms with van der Waals surface area (Å²) in [6, 6.07) is 37.3. The van der Waals surface area contributed by atoms with E-state index in [1.165, 1.54) is 0 Å². The summed E-state index contributed by atoms with van der Waals surface area (Å²) >= 11 is 0. The van der Waals surface area contributed by atoms with Crippen molar-refractivity contribution in [2.45, 2.75) is 6.92 Å². The highest BCUT2D eigenvalue weighted by molar-refractivity contribution is 7.86. The molecule has 7 rings (SSSR count). The molecule has 38 heavy (non-hydrogen) atoms. The highest BCUT2D eigenvalue weighted by atomic mass is 31.2. The van der Waals surface area contributed by atoms with Crippen LogP contribution < -0.4 is 15.9 Å². The highest BCUT2D eigenvalue weighted by Crippen LogP contribution is 2.55. The third kappa shape index (κ3) is 2.99. The summed E-state index contributed by atoms with van der Waals surface area (Å²) in [6.07, 6.45) is 6.15. The lowest BCUT2D eigenvalue weighted by Crippen LogP contribution is -2.20. The molecule has 0 fully saturated rings. The second-order valence-corrected chi connectivity index (χ2v) is 12.4. The van der Waals surface area contributed by atoms with Crippen LogP contribution in [0.5, 0.6) is 0 Å². The van der Waals surface area contributed by atoms with Crippen LogP contribution in [0.25, 0.3) is 50.8 Å². The van der Waals surface area contributed by atoms with Crippen molar-refractivity contribution >= 4 is 57.0 Å². The van der Waals surface area contributed by atoms with Gasteiger partial charge in [0, 0.05) is 43.5 Å². The lowest BCUT2D eigenvalue weighted by Gasteiger charge is -2.16. The maximum atomic E-state index is 15.2. The fraction of sp³-hybridized carbons (Fsp3) is 0.0286. The Morgan fingerprint density at radius 3 is 2.11 bits per heavy atom. The topological polar surface area (TPSA) is 22.0 Å². The number of hydrogen-bond donors (Lipinski definition) is 0. The maximum Gasteiger partial charge on any atom is 0.172 e. The minimum absolute atomic E-state index is 0.870. The molecule has 2 heterocycles. The van der Waals surface area contributed by atoms with E-state index >= 15 is 4.57 Å². The fourth-order valence-electron chi connectivity index (χ4n) is 6.13. The van der Waals surface area contributed by atoms with E-state index in [2.05, 4.69) is 84.0 Å². The number of para-hydroxylation sites is 1. The van der Waals surface area contributed by atoms with Crippen LogP contribution in [0.15, 0.2) is 122 Å². The van der Waals surface area contributed by atoms with E-state index in [9.17, 15) is 0 Å². The van der Waals surface area contributed by atoms with E-state index in [4.69, 9.17) is 0 Å². The third-order valence-corrected chi connectivity index (χ3v) is 10.8. The van der Waals surface area contributed by atoms with Gasteiger partial charge in [-0.2, -0.15) is 0 Å². The molecule has 0 N–H and O–H groups in total. The number of aromatic nitrogens is 1. The van der Waals surface area contributed by atoms with Gasteiger partial charge in [-0.25, -0.2) is 0 Å². The van der Waals surface area contributed by atoms with Crippen molar-refractivity contribution in [2.75, 3.05) is 0 Å². The zero-order valence-electron chi connectivity index (χ0n) is 21.1. The van der Waals surface area contributed by atoms with Crippen LogP contribution in [0.4, 0.5) is 0 Å². The van der Waals surface area contributed by atoms with Crippen molar-refractivity contribution in [2.24, 2.45) is 0 Å². The van der Waals surface area contributed by atoms with Gasteiger partial charge in [0.05, 0.1) is 11.0 Å². The van der Waals surface area contributed by atoms with Crippen molar-refractivity contribution in [3.8, 4) is 16.8 Å². The van der Waals surface area contributed by atoms with Crippen LogP contribution >= 0.6 is 7.14 Å². The van der Waals surface area contributed by atoms with E-state index in [1.54, 1.807) is 0 Å². The Balaban J connectivity index is 1.73. The number of allylic oxidation sites excluding steroid dienone is 1. The Kier molecular flexibility index (Phi) is 5.15. The molecule has 5 aromatic carbocycles. The number of benzene rings is 5. The molecule has 6 aromatic rings. The second-order valence-electron chi connectivity index (χ2n) is 9.66. The molecule has 0 saturated heterocycles. The van der Waals surface area contributed by atoms with Gasteiger partial charge in [0.1, 0.15) is 0 Å². The summed E-state index contributed by atoms with van der Waals surface area (Å²) < 4.78 is 17.5. The molecule has 2 nitrogen and oxygen atoms in total. The molecule has 1 unspecified atom stereocenters. The minimum Gasteiger partial charge on any atom is -0.309 e. The molecule has 0 saturated carbocycles. The van der Waals surface area contributed by atoms with E-state index in [0.717, 1.165) is 65.7 Å². The Hall–Kier alpha value is -4.39. The summed E-state index contributed by atoms with van der Waals surface area (Å²) in [5.41, 5.74) is 7.60. The van der Waals surface area contributed by atoms with Gasteiger partial charge in [-0.15, -0.1) is 0 Å². The molecular formula is C35H26NOP. The first kappa shape index (κ1) is 22.8. The molecule has 1 atom stereocenters. The first-order chi connectivity index (χ1) is 18.7. The standard InChI is InChI=1S/C35H26NOP/c1-3-13-24-20-21-28-29-22-23-32-33(35(29)36(34(28)27(24)4-2)25-14-7-5-8-15-25)30-18-11-12-19-31(30)38(32,37)26-16-9-6-10-17-26/h3-23H,2H2,1H3/b13-3-. The fourth-order valence-corrected chi connectivity index (χ4v) is 9.19. The monoisotopic (exact) mass is 507 g/mol. The largest absolute Gasteiger partial charge is 0.309 e. The summed E-state index contributed by atoms with van der Waals surface area (Å²) in [5.74, 6) is 0. The number of nitrogens with zero attached hydrogens (tertiary/aromatic N) is 1. The lowest BCUT2D eigenvalue weighted by atomic mass is 10.00. The number of hydrogen-bond acceptors (Lipinski definition) is 1. The van der Waals surface area contributed by atoms with Gasteiger partial charge in [-0.1, -0.05) is 116 Å². The SMILES string of the molecule is C=Cc1c(/C=C\C)ccc2c3ccc4c(c3n(-c3ccccc3)c12)-c1ccccc1P4(=O)c1ccccc1. The molecule has 1 aromatic heterocycles. The van der Waals surface area contributed by atoms with Crippen molar-refractivity contribution in [1.29, 1.82) is 0 Å². The Morgan fingerprint density at radius 1 is 0.711 bits per heavy atom. The molecule has 0 radical (unpaired) electrons. The first-order valence-electron chi connectivity index (χ1n) is 12.9. The van der Waals surface area contributed by atoms with Gasteiger partial charge >= 0.3 is 0 Å². The Bertz CT molecular complexity index is 1960. The van der Waals surface area contributed by atoms with E-state index in [-0.39, 0.29) is 0 Å². The molecule has 0 aliphatic carbocycles. The number of rotatable bonds is 4. The van der Waals surface area contributed by atoms with Gasteiger partial charge in [-0.05, 0) is 36.2 Å². The van der Waals surface area contributed by atoms with E-state index in [0.29, 0.717) is 0 Å². The average molecular weight is 508 g/mol. The van der Waals surface area contributed by atoms with E-state index in [1.807, 2.05) is 61.5 Å². The van der Waals surface area contributed by atoms with Gasteiger partial charge in [-0.3, -0.25) is 0 Å². The average Bonchev–Trinajstić information content (AvgIpc) is 3.45. The molecule has 1 aliphatic rings. The minimum atomic E-state index is -3.04. The van der Waals surface area contributed by atoms with Crippen LogP contribution in [-0.4, -0.2) is 4.57 Å². The molecule has 3 heteroatoms. The quantitative estimate of drug-likeness (QED) is 0.221. The van der Waals surface area contributed by atoms with Crippen LogP contribution in [0.3, 0.4) is 0 Å². The van der Waals surface area contributed by atoms with E-state index < -0.39 is 7.14 Å². The first-order valence-corrected chi connectivity index (χ1v) is 14.6. The second kappa shape index (κ2) is 8.58. The van der Waals surface area contributed by atoms with Crippen molar-refractivity contribution in [1.82, 2.24) is 4.57 Å². The zero-order chi connectivity index (χ0) is 25.9. The predicted octanol–water partition coefficient (Wildman–Crippen LogP) is 8.08. The molecule has 0 amide bonds. The molecule has 182 valence electrons. The smallest absolute Gasteiger partial charge is 0.172 e. The molecule has 1 aliphatic heterocycles. The van der Waals surface area contributed by atoms with Crippen LogP contribution in [0.1, 0.15) is 18.1 Å². The van der Waals surface area contributed by atoms with Crippen LogP contribution in [0.2, 0.25) is 0 Å². The molecular weight excluding hydrogens is 481 g/mol. The summed E-state index contributed by atoms with van der Waals surface area (Å²) in [6.45, 7) is 6.24. The normalized spacial score (nSPS) is 16.2. The molecule has 0 bridgehead atoms. The summed E-state index contributed by atoms with van der Waals surface area (Å²) in [5, 5.41) is 5.00. The van der Waals surface area contributed by atoms with Gasteiger partial charge in [0.15, 0.2) is 7.14 Å². The van der Waals surface area contributed by atoms with Crippen molar-refractivity contribution in [3.05, 3.63) is 133 Å². The van der Waals surface area contributed by atoms with Gasteiger partial charge in [0.2, 0.25) is 0 Å². The van der Waals surface area contributed by atoms with Crippen LogP contribution in [-0.2, 0) is 4.57 Å². The lowest BCUT2D eigenvalue weighted by molar-refractivity contribution is 0.593. The summed E-state index contributed by atoms with van der Waals surface area (Å²) in [4.78, 5) is 0. The maximum absolute atomic E-state index is 15.2. The predicted molar refractivity (Wildman–Crippen MR) is 164 cm³/mol. The third-order valence-electron chi connectivity index (χ3n) is 7.68. The Labute approximate surface area is 222 Å². The van der Waals surface area contributed by atoms with Crippen LogP contribution in [0, 0.1) is 0 Å². The zero-order valence-corrected chi connectivity index (χ0v) is 22.0. The van der Waals surface area contributed by atoms with Crippen molar-refractivity contribution in [3.63, 3.8) is 0 Å². The highest BCUT2D eigenvalue weighted by Gasteiger charge is 2.41. The summed E-state index contributed by atoms with van der Waals surface area (Å²) in [7, 11) is -3.04. The number of fused-ring (bicyclic) bond motifs is 7. The van der Waals surface area contributed by atoms with Crippen molar-refractivity contribution < 1.29 is 4.57 Å². The van der Waals surface area contributed by atoms with Gasteiger partial charge < -0.3 is 9.13 Å². The molecule has 0 spiro atoms. The van der Waals surface area contributed by atoms with Gasteiger partial charge in [0.25, 0.3) is 0 Å². The Morgan fingerprint density at radius 2 is 1.37 bits per heavy atom.